The molecule has 0 fully saturated rings. The number of hydrogen-bond acceptors (Lipinski definition) is 1. The van der Waals surface area contributed by atoms with Gasteiger partial charge in [0.2, 0.25) is 0 Å². The van der Waals surface area contributed by atoms with Gasteiger partial charge in [0.1, 0.15) is 0 Å². The first-order valence-corrected chi connectivity index (χ1v) is 15.5. The van der Waals surface area contributed by atoms with Gasteiger partial charge in [-0.05, 0) is 102 Å². The molecule has 0 aliphatic heterocycles. The van der Waals surface area contributed by atoms with E-state index in [1.54, 1.807) is 0 Å². The number of aromatic nitrogens is 1. The monoisotopic (exact) mass is 561 g/mol. The van der Waals surface area contributed by atoms with Crippen LogP contribution in [0.3, 0.4) is 0 Å². The molecule has 0 bridgehead atoms. The van der Waals surface area contributed by atoms with Crippen LogP contribution in [0.4, 0.5) is 0 Å². The molecule has 1 aromatic heterocycles. The summed E-state index contributed by atoms with van der Waals surface area (Å²) >= 11 is 0. The summed E-state index contributed by atoms with van der Waals surface area (Å²) in [7, 11) is 0. The molecule has 1 heterocycles. The number of benzene rings is 7. The SMILES string of the molecule is Cc1ccc2c(-c3c4ccccc4cc4ccncc34)c3ccccc3c(-c3ccc4c(c3)C(C)(C)c3ccccc3-4)c2c1. The number of pyridine rings is 1. The molecule has 208 valence electrons. The highest BCUT2D eigenvalue weighted by molar-refractivity contribution is 6.27. The van der Waals surface area contributed by atoms with E-state index < -0.39 is 0 Å². The second-order valence-electron chi connectivity index (χ2n) is 12.8. The van der Waals surface area contributed by atoms with E-state index in [0.717, 1.165) is 0 Å². The molecule has 0 N–H and O–H groups in total. The van der Waals surface area contributed by atoms with Crippen molar-refractivity contribution < 1.29 is 0 Å². The summed E-state index contributed by atoms with van der Waals surface area (Å²) in [6.45, 7) is 6.94. The third-order valence-electron chi connectivity index (χ3n) is 9.97. The fourth-order valence-electron chi connectivity index (χ4n) is 7.90. The quantitative estimate of drug-likeness (QED) is 0.191. The van der Waals surface area contributed by atoms with Crippen LogP contribution in [0.25, 0.3) is 76.5 Å². The van der Waals surface area contributed by atoms with Crippen LogP contribution in [0.15, 0.2) is 134 Å². The number of aryl methyl sites for hydroxylation is 1. The molecule has 9 rings (SSSR count). The van der Waals surface area contributed by atoms with Gasteiger partial charge < -0.3 is 0 Å². The molecule has 0 saturated heterocycles. The molecule has 8 aromatic rings. The summed E-state index contributed by atoms with van der Waals surface area (Å²) in [5.74, 6) is 0. The van der Waals surface area contributed by atoms with Crippen LogP contribution < -0.4 is 0 Å². The topological polar surface area (TPSA) is 12.9 Å². The van der Waals surface area contributed by atoms with Gasteiger partial charge in [-0.1, -0.05) is 123 Å². The molecule has 0 saturated carbocycles. The molecule has 1 heteroatoms. The van der Waals surface area contributed by atoms with Gasteiger partial charge >= 0.3 is 0 Å². The fourth-order valence-corrected chi connectivity index (χ4v) is 7.90. The molecule has 44 heavy (non-hydrogen) atoms. The Morgan fingerprint density at radius 2 is 1.14 bits per heavy atom. The Hall–Kier alpha value is -5.27. The predicted molar refractivity (Wildman–Crippen MR) is 187 cm³/mol. The van der Waals surface area contributed by atoms with Crippen molar-refractivity contribution in [1.82, 2.24) is 4.98 Å². The van der Waals surface area contributed by atoms with Crippen LogP contribution in [-0.4, -0.2) is 4.98 Å². The Morgan fingerprint density at radius 1 is 0.477 bits per heavy atom. The number of fused-ring (bicyclic) bond motifs is 7. The maximum atomic E-state index is 4.61. The van der Waals surface area contributed by atoms with Crippen LogP contribution in [0.1, 0.15) is 30.5 Å². The van der Waals surface area contributed by atoms with Crippen molar-refractivity contribution in [2.75, 3.05) is 0 Å². The van der Waals surface area contributed by atoms with Crippen molar-refractivity contribution in [3.8, 4) is 33.4 Å². The van der Waals surface area contributed by atoms with Crippen molar-refractivity contribution in [2.24, 2.45) is 0 Å². The summed E-state index contributed by atoms with van der Waals surface area (Å²) in [5, 5.41) is 10.00. The molecule has 1 aliphatic carbocycles. The largest absolute Gasteiger partial charge is 0.264 e. The molecule has 1 aliphatic rings. The average Bonchev–Trinajstić information content (AvgIpc) is 3.28. The Labute approximate surface area is 257 Å². The zero-order valence-corrected chi connectivity index (χ0v) is 25.1. The minimum absolute atomic E-state index is 0.0573. The van der Waals surface area contributed by atoms with E-state index in [2.05, 4.69) is 147 Å². The summed E-state index contributed by atoms with van der Waals surface area (Å²) < 4.78 is 0. The Balaban J connectivity index is 1.43. The van der Waals surface area contributed by atoms with Gasteiger partial charge in [0, 0.05) is 28.8 Å². The average molecular weight is 562 g/mol. The molecule has 7 aromatic carbocycles. The van der Waals surface area contributed by atoms with Gasteiger partial charge in [0.05, 0.1) is 0 Å². The first-order valence-electron chi connectivity index (χ1n) is 15.5. The minimum Gasteiger partial charge on any atom is -0.264 e. The van der Waals surface area contributed by atoms with Crippen molar-refractivity contribution >= 4 is 43.1 Å². The Kier molecular flexibility index (Phi) is 5.23. The summed E-state index contributed by atoms with van der Waals surface area (Å²) in [5.41, 5.74) is 11.8. The molecule has 0 spiro atoms. The van der Waals surface area contributed by atoms with Gasteiger partial charge in [0.25, 0.3) is 0 Å². The van der Waals surface area contributed by atoms with E-state index in [-0.39, 0.29) is 5.41 Å². The van der Waals surface area contributed by atoms with Crippen LogP contribution in [0.5, 0.6) is 0 Å². The summed E-state index contributed by atoms with van der Waals surface area (Å²) in [6.07, 6.45) is 3.94. The second-order valence-corrected chi connectivity index (χ2v) is 12.8. The Bertz CT molecular complexity index is 2430. The highest BCUT2D eigenvalue weighted by Crippen LogP contribution is 2.52. The van der Waals surface area contributed by atoms with Crippen molar-refractivity contribution in [2.45, 2.75) is 26.2 Å². The molecule has 0 atom stereocenters. The molecule has 0 amide bonds. The standard InChI is InChI=1S/C43H31N/c1-26-16-18-35-36(22-26)40(29-17-19-32-31-12-8-9-15-38(31)43(2,3)39(32)24-29)33-13-6-7-14-34(33)42(35)41-30-11-5-4-10-27(30)23-28-20-21-44-25-37(28)41/h4-25H,1-3H3. The lowest BCUT2D eigenvalue weighted by Gasteiger charge is -2.23. The molecule has 0 unspecified atom stereocenters. The first kappa shape index (κ1) is 25.2. The maximum Gasteiger partial charge on any atom is 0.0352 e. The zero-order valence-electron chi connectivity index (χ0n) is 25.1. The smallest absolute Gasteiger partial charge is 0.0352 e. The number of hydrogen-bond donors (Lipinski definition) is 0. The van der Waals surface area contributed by atoms with Crippen LogP contribution in [-0.2, 0) is 5.41 Å². The highest BCUT2D eigenvalue weighted by atomic mass is 14.6. The predicted octanol–water partition coefficient (Wildman–Crippen LogP) is 11.6. The zero-order chi connectivity index (χ0) is 29.6. The van der Waals surface area contributed by atoms with Crippen molar-refractivity contribution in [1.29, 1.82) is 0 Å². The summed E-state index contributed by atoms with van der Waals surface area (Å²) in [4.78, 5) is 4.61. The van der Waals surface area contributed by atoms with Crippen LogP contribution in [0.2, 0.25) is 0 Å². The molecular weight excluding hydrogens is 530 g/mol. The second kappa shape index (κ2) is 9.11. The lowest BCUT2D eigenvalue weighted by atomic mass is 9.80. The lowest BCUT2D eigenvalue weighted by molar-refractivity contribution is 0.660. The van der Waals surface area contributed by atoms with Gasteiger partial charge in [-0.25, -0.2) is 0 Å². The van der Waals surface area contributed by atoms with E-state index >= 15 is 0 Å². The third-order valence-corrected chi connectivity index (χ3v) is 9.97. The van der Waals surface area contributed by atoms with E-state index in [0.29, 0.717) is 0 Å². The number of rotatable bonds is 2. The number of nitrogens with zero attached hydrogens (tertiary/aromatic N) is 1. The normalized spacial score (nSPS) is 13.5. The highest BCUT2D eigenvalue weighted by Gasteiger charge is 2.35. The van der Waals surface area contributed by atoms with Crippen molar-refractivity contribution in [3.05, 3.63) is 150 Å². The van der Waals surface area contributed by atoms with Gasteiger partial charge in [-0.15, -0.1) is 0 Å². The molecule has 0 radical (unpaired) electrons. The van der Waals surface area contributed by atoms with Crippen LogP contribution in [0, 0.1) is 6.92 Å². The molecular formula is C43H31N. The molecule has 1 nitrogen and oxygen atoms in total. The Morgan fingerprint density at radius 3 is 2.00 bits per heavy atom. The maximum absolute atomic E-state index is 4.61. The first-order chi connectivity index (χ1) is 21.5. The van der Waals surface area contributed by atoms with Gasteiger partial charge in [-0.3, -0.25) is 4.98 Å². The van der Waals surface area contributed by atoms with Gasteiger partial charge in [0.15, 0.2) is 0 Å². The van der Waals surface area contributed by atoms with Crippen molar-refractivity contribution in [3.63, 3.8) is 0 Å². The fraction of sp³-hybridized carbons (Fsp3) is 0.0930. The van der Waals surface area contributed by atoms with E-state index in [4.69, 9.17) is 0 Å². The van der Waals surface area contributed by atoms with E-state index in [1.807, 2.05) is 12.4 Å². The minimum atomic E-state index is -0.0573. The third kappa shape index (κ3) is 3.44. The summed E-state index contributed by atoms with van der Waals surface area (Å²) in [6, 6.07) is 45.3. The van der Waals surface area contributed by atoms with E-state index in [1.165, 1.54) is 93.2 Å². The van der Waals surface area contributed by atoms with E-state index in [9.17, 15) is 0 Å². The lowest BCUT2D eigenvalue weighted by Crippen LogP contribution is -2.14. The van der Waals surface area contributed by atoms with Gasteiger partial charge in [-0.2, -0.15) is 0 Å². The van der Waals surface area contributed by atoms with Crippen LogP contribution >= 0.6 is 0 Å².